The normalized spacial score (nSPS) is 14.0. The number of para-hydroxylation sites is 1. The van der Waals surface area contributed by atoms with Gasteiger partial charge < -0.3 is 53.8 Å². The molecule has 0 aliphatic carbocycles. The number of carbonyl (C=O) groups is 8. The number of nitrogen functional groups attached to an aromatic ring is 1. The van der Waals surface area contributed by atoms with E-state index in [-0.39, 0.29) is 34.1 Å². The van der Waals surface area contributed by atoms with Gasteiger partial charge in [-0.3, -0.25) is 53.4 Å². The number of carboxylic acids is 1. The van der Waals surface area contributed by atoms with Crippen molar-refractivity contribution >= 4 is 58.7 Å². The average molecular weight is 830 g/mol. The molecule has 2 rings (SSSR count). The van der Waals surface area contributed by atoms with Crippen LogP contribution < -0.4 is 38.5 Å². The molecule has 13 N–H and O–H groups in total. The second kappa shape index (κ2) is 22.3. The van der Waals surface area contributed by atoms with Crippen molar-refractivity contribution in [3.63, 3.8) is 0 Å². The van der Waals surface area contributed by atoms with E-state index < -0.39 is 119 Å². The number of rotatable bonds is 22. The van der Waals surface area contributed by atoms with Gasteiger partial charge in [0.2, 0.25) is 29.5 Å². The number of nitro benzene ring substituents is 1. The van der Waals surface area contributed by atoms with Gasteiger partial charge in [-0.05, 0) is 43.0 Å². The lowest BCUT2D eigenvalue weighted by atomic mass is 9.99. The van der Waals surface area contributed by atoms with Crippen molar-refractivity contribution in [2.75, 3.05) is 12.3 Å². The number of unbranched alkanes of at least 4 members (excludes halogenated alkanes) is 1. The molecule has 0 aliphatic rings. The van der Waals surface area contributed by atoms with Crippen LogP contribution in [0.5, 0.6) is 5.75 Å². The van der Waals surface area contributed by atoms with E-state index in [1.165, 1.54) is 31.2 Å². The summed E-state index contributed by atoms with van der Waals surface area (Å²) in [5, 5.41) is 50.9. The van der Waals surface area contributed by atoms with Crippen LogP contribution in [-0.4, -0.2) is 115 Å². The van der Waals surface area contributed by atoms with Crippen molar-refractivity contribution in [3.8, 4) is 5.75 Å². The average Bonchev–Trinajstić information content (AvgIpc) is 3.17. The van der Waals surface area contributed by atoms with Gasteiger partial charge in [0.25, 0.3) is 11.8 Å². The van der Waals surface area contributed by atoms with E-state index >= 15 is 0 Å². The van der Waals surface area contributed by atoms with Gasteiger partial charge in [0.1, 0.15) is 30.2 Å². The molecule has 2 aromatic rings. The highest BCUT2D eigenvalue weighted by atomic mass is 16.6. The van der Waals surface area contributed by atoms with Crippen LogP contribution in [0.3, 0.4) is 0 Å². The number of amides is 7. The lowest BCUT2D eigenvalue weighted by Crippen LogP contribution is -2.62. The van der Waals surface area contributed by atoms with E-state index in [2.05, 4.69) is 21.3 Å². The van der Waals surface area contributed by atoms with Crippen LogP contribution in [0.2, 0.25) is 0 Å². The van der Waals surface area contributed by atoms with Crippen LogP contribution in [0.25, 0.3) is 0 Å². The minimum absolute atomic E-state index is 0.00146. The molecule has 0 saturated carbocycles. The van der Waals surface area contributed by atoms with Crippen molar-refractivity contribution in [1.82, 2.24) is 26.2 Å². The number of nitrogens with one attached hydrogen (secondary N) is 4. The number of hydrogen-bond donors (Lipinski definition) is 10. The third-order valence-corrected chi connectivity index (χ3v) is 9.02. The Hall–Kier alpha value is -6.68. The Morgan fingerprint density at radius 3 is 2.02 bits per heavy atom. The first-order valence-corrected chi connectivity index (χ1v) is 18.4. The molecule has 22 nitrogen and oxygen atoms in total. The number of phenols is 1. The second-order valence-electron chi connectivity index (χ2n) is 13.9. The van der Waals surface area contributed by atoms with Gasteiger partial charge in [-0.25, -0.2) is 0 Å². The molecule has 7 amide bonds. The Balaban J connectivity index is 2.70. The topological polar surface area (TPSA) is 370 Å². The molecule has 322 valence electrons. The maximum absolute atomic E-state index is 14.5. The smallest absolute Gasteiger partial charge is 0.310 e. The molecule has 22 heteroatoms. The lowest BCUT2D eigenvalue weighted by molar-refractivity contribution is -0.385. The number of nitrogens with zero attached hydrogens (tertiary/aromatic N) is 2. The van der Waals surface area contributed by atoms with E-state index in [0.717, 1.165) is 18.2 Å². The largest absolute Gasteiger partial charge is 0.502 e. The molecule has 6 atom stereocenters. The number of aliphatic hydroxyl groups is 1. The summed E-state index contributed by atoms with van der Waals surface area (Å²) in [6, 6.07) is -1.51. The molecule has 0 saturated heterocycles. The number of nitro groups is 1. The lowest BCUT2D eigenvalue weighted by Gasteiger charge is -2.33. The van der Waals surface area contributed by atoms with Crippen molar-refractivity contribution in [3.05, 3.63) is 63.7 Å². The number of primary amides is 1. The molecule has 59 heavy (non-hydrogen) atoms. The zero-order valence-electron chi connectivity index (χ0n) is 32.9. The van der Waals surface area contributed by atoms with Crippen molar-refractivity contribution in [1.29, 1.82) is 0 Å². The Bertz CT molecular complexity index is 1910. The number of carboxylic acid groups (broad SMARTS) is 1. The first-order chi connectivity index (χ1) is 27.6. The second-order valence-corrected chi connectivity index (χ2v) is 13.9. The van der Waals surface area contributed by atoms with Crippen molar-refractivity contribution < 1.29 is 58.6 Å². The Labute approximate surface area is 338 Å². The van der Waals surface area contributed by atoms with Crippen LogP contribution in [0, 0.1) is 16.0 Å². The number of phenolic OH excluding ortho intramolecular Hbond substituents is 1. The third kappa shape index (κ3) is 13.7. The highest BCUT2D eigenvalue weighted by Gasteiger charge is 2.42. The highest BCUT2D eigenvalue weighted by molar-refractivity contribution is 6.12. The minimum Gasteiger partial charge on any atom is -0.502 e. The maximum atomic E-state index is 14.5. The predicted molar refractivity (Wildman–Crippen MR) is 209 cm³/mol. The zero-order valence-corrected chi connectivity index (χ0v) is 32.9. The molecule has 0 heterocycles. The number of benzene rings is 2. The van der Waals surface area contributed by atoms with Crippen LogP contribution in [0.1, 0.15) is 69.3 Å². The number of hydrogen-bond acceptors (Lipinski definition) is 14. The van der Waals surface area contributed by atoms with Crippen molar-refractivity contribution in [2.24, 2.45) is 17.4 Å². The number of carbonyl (C=O) groups excluding carboxylic acids is 7. The molecule has 2 aromatic carbocycles. The molecule has 0 unspecified atom stereocenters. The summed E-state index contributed by atoms with van der Waals surface area (Å²) in [7, 11) is 0. The summed E-state index contributed by atoms with van der Waals surface area (Å²) in [5.74, 6) is -10.6. The van der Waals surface area contributed by atoms with Crippen LogP contribution >= 0.6 is 0 Å². The number of aromatic hydroxyl groups is 1. The standard InChI is InChI=1S/C37H51N9O13/c1-5-6-11-23(42-32(52)19(4)41-35(55)30(39)18(2)3)33(53)44-25(17-47)37(57)45(36(56)21-9-7-8-10-22(21)38)27(34(54)43-24(31(40)51)16-29(49)50)15-20-12-13-28(48)26(14-20)46(58)59/h7-10,12-14,18-19,23-25,27,30,47-48H,5-6,11,15-17,38-39H2,1-4H3,(H2,40,51)(H,41,55)(H,42,52)(H,43,54)(H,44,53)(H,49,50)/t19-,23-,24-,25-,27-,30-/m0/s1. The first kappa shape index (κ1) is 48.5. The molecule has 0 aromatic heterocycles. The summed E-state index contributed by atoms with van der Waals surface area (Å²) in [4.78, 5) is 117. The van der Waals surface area contributed by atoms with E-state index in [1.807, 2.05) is 0 Å². The van der Waals surface area contributed by atoms with E-state index in [9.17, 15) is 63.8 Å². The summed E-state index contributed by atoms with van der Waals surface area (Å²) in [6.07, 6.45) is -0.928. The molecule has 0 bridgehead atoms. The summed E-state index contributed by atoms with van der Waals surface area (Å²) >= 11 is 0. The van der Waals surface area contributed by atoms with E-state index in [4.69, 9.17) is 17.2 Å². The van der Waals surface area contributed by atoms with Gasteiger partial charge in [0.05, 0.1) is 29.6 Å². The SMILES string of the molecule is CCCC[C@H](NC(=O)[C@H](C)NC(=O)[C@@H](N)C(C)C)C(=O)N[C@@H](CO)C(=O)N(C(=O)c1ccccc1N)[C@@H](Cc1ccc(O)c([N+](=O)[O-])c1)C(=O)N[C@@H](CC(=O)O)C(N)=O. The number of imide groups is 1. The van der Waals surface area contributed by atoms with Crippen LogP contribution in [0.4, 0.5) is 11.4 Å². The van der Waals surface area contributed by atoms with E-state index in [0.29, 0.717) is 12.8 Å². The number of aliphatic carboxylic acids is 1. The number of anilines is 1. The van der Waals surface area contributed by atoms with Gasteiger partial charge in [-0.2, -0.15) is 0 Å². The molecular weight excluding hydrogens is 778 g/mol. The highest BCUT2D eigenvalue weighted by Crippen LogP contribution is 2.28. The molecule has 0 spiro atoms. The van der Waals surface area contributed by atoms with Gasteiger partial charge >= 0.3 is 11.7 Å². The summed E-state index contributed by atoms with van der Waals surface area (Å²) in [6.45, 7) is 5.33. The Morgan fingerprint density at radius 2 is 1.47 bits per heavy atom. The molecule has 0 fully saturated rings. The number of nitrogens with two attached hydrogens (primary N) is 3. The zero-order chi connectivity index (χ0) is 44.7. The summed E-state index contributed by atoms with van der Waals surface area (Å²) in [5.41, 5.74) is 15.7. The molecule has 0 aliphatic heterocycles. The van der Waals surface area contributed by atoms with Gasteiger partial charge in [0.15, 0.2) is 5.75 Å². The minimum atomic E-state index is -2.14. The van der Waals surface area contributed by atoms with Crippen LogP contribution in [0.15, 0.2) is 42.5 Å². The van der Waals surface area contributed by atoms with E-state index in [1.54, 1.807) is 20.8 Å². The maximum Gasteiger partial charge on any atom is 0.310 e. The molecular formula is C37H51N9O13. The van der Waals surface area contributed by atoms with Crippen molar-refractivity contribution in [2.45, 2.75) is 96.1 Å². The Morgan fingerprint density at radius 1 is 0.864 bits per heavy atom. The first-order valence-electron chi connectivity index (χ1n) is 18.4. The fourth-order valence-electron chi connectivity index (χ4n) is 5.53. The Kier molecular flexibility index (Phi) is 18.3. The summed E-state index contributed by atoms with van der Waals surface area (Å²) < 4.78 is 0. The monoisotopic (exact) mass is 829 g/mol. The van der Waals surface area contributed by atoms with Gasteiger partial charge in [0, 0.05) is 18.2 Å². The fourth-order valence-corrected chi connectivity index (χ4v) is 5.53. The quantitative estimate of drug-likeness (QED) is 0.0369. The fraction of sp³-hybridized carbons (Fsp3) is 0.459. The third-order valence-electron chi connectivity index (χ3n) is 9.02. The molecule has 0 radical (unpaired) electrons. The van der Waals surface area contributed by atoms with Gasteiger partial charge in [-0.15, -0.1) is 0 Å². The van der Waals surface area contributed by atoms with Gasteiger partial charge in [-0.1, -0.05) is 51.8 Å². The number of aliphatic hydroxyl groups excluding tert-OH is 1. The van der Waals surface area contributed by atoms with Crippen LogP contribution in [-0.2, 0) is 40.0 Å². The predicted octanol–water partition coefficient (Wildman–Crippen LogP) is -1.45.